The molecule has 0 amide bonds. The normalized spacial score (nSPS) is 24.0. The molecule has 13 heteroatoms. The highest BCUT2D eigenvalue weighted by molar-refractivity contribution is 5.65. The summed E-state index contributed by atoms with van der Waals surface area (Å²) in [7, 11) is 0. The van der Waals surface area contributed by atoms with Crippen LogP contribution in [0, 0.1) is 0 Å². The first kappa shape index (κ1) is 24.1. The predicted molar refractivity (Wildman–Crippen MR) is 131 cm³/mol. The van der Waals surface area contributed by atoms with Gasteiger partial charge >= 0.3 is 6.18 Å². The molecule has 2 saturated carbocycles. The molecular formula is C24H29F3N10. The summed E-state index contributed by atoms with van der Waals surface area (Å²) in [5.74, 6) is 0.784. The van der Waals surface area contributed by atoms with Gasteiger partial charge in [0.2, 0.25) is 0 Å². The summed E-state index contributed by atoms with van der Waals surface area (Å²) in [6.45, 7) is 2.26. The van der Waals surface area contributed by atoms with Crippen molar-refractivity contribution in [2.45, 2.75) is 75.4 Å². The van der Waals surface area contributed by atoms with Crippen molar-refractivity contribution in [3.05, 3.63) is 48.8 Å². The summed E-state index contributed by atoms with van der Waals surface area (Å²) in [4.78, 5) is 16.2. The van der Waals surface area contributed by atoms with Gasteiger partial charge in [-0.05, 0) is 56.9 Å². The Kier molecular flexibility index (Phi) is 5.62. The van der Waals surface area contributed by atoms with Gasteiger partial charge in [-0.3, -0.25) is 10.4 Å². The number of alkyl halides is 3. The summed E-state index contributed by atoms with van der Waals surface area (Å²) in [6.07, 6.45) is 0.122. The SMILES string of the molecule is CC(Cn1cncn1)N1c2ccc(-c3ccc(NC4CC4)nc3)nc2C(N)N(C2(C(F)(F)F)CC2)C1N. The molecule has 3 aromatic heterocycles. The zero-order chi connectivity index (χ0) is 25.9. The molecule has 6 rings (SSSR count). The number of hydrogen-bond donors (Lipinski definition) is 3. The molecule has 10 nitrogen and oxygen atoms in total. The van der Waals surface area contributed by atoms with Crippen molar-refractivity contribution in [1.29, 1.82) is 0 Å². The van der Waals surface area contributed by atoms with Crippen LogP contribution in [0.25, 0.3) is 11.3 Å². The molecule has 196 valence electrons. The molecule has 37 heavy (non-hydrogen) atoms. The van der Waals surface area contributed by atoms with Crippen molar-refractivity contribution < 1.29 is 13.2 Å². The summed E-state index contributed by atoms with van der Waals surface area (Å²) in [5.41, 5.74) is 13.3. The van der Waals surface area contributed by atoms with Gasteiger partial charge in [-0.2, -0.15) is 18.3 Å². The number of rotatable bonds is 7. The Morgan fingerprint density at radius 3 is 2.54 bits per heavy atom. The summed E-state index contributed by atoms with van der Waals surface area (Å²) < 4.78 is 44.5. The van der Waals surface area contributed by atoms with Crippen molar-refractivity contribution in [3.63, 3.8) is 0 Å². The molecule has 0 saturated heterocycles. The van der Waals surface area contributed by atoms with E-state index >= 15 is 0 Å². The average Bonchev–Trinajstić information content (AvgIpc) is 3.79. The smallest absolute Gasteiger partial charge is 0.367 e. The first-order chi connectivity index (χ1) is 17.7. The van der Waals surface area contributed by atoms with Crippen molar-refractivity contribution >= 4 is 11.5 Å². The molecule has 3 aliphatic rings. The molecule has 0 spiro atoms. The van der Waals surface area contributed by atoms with Crippen molar-refractivity contribution in [1.82, 2.24) is 29.6 Å². The molecule has 3 unspecified atom stereocenters. The topological polar surface area (TPSA) is 127 Å². The lowest BCUT2D eigenvalue weighted by Gasteiger charge is -2.52. The van der Waals surface area contributed by atoms with Gasteiger partial charge in [-0.25, -0.2) is 19.9 Å². The fourth-order valence-electron chi connectivity index (χ4n) is 5.21. The maximum atomic E-state index is 14.3. The highest BCUT2D eigenvalue weighted by Crippen LogP contribution is 2.57. The van der Waals surface area contributed by atoms with E-state index in [-0.39, 0.29) is 18.9 Å². The lowest BCUT2D eigenvalue weighted by atomic mass is 10.0. The Morgan fingerprint density at radius 2 is 1.95 bits per heavy atom. The lowest BCUT2D eigenvalue weighted by molar-refractivity contribution is -0.212. The van der Waals surface area contributed by atoms with Crippen LogP contribution in [-0.2, 0) is 6.54 Å². The Balaban J connectivity index is 1.39. The van der Waals surface area contributed by atoms with E-state index in [9.17, 15) is 13.2 Å². The number of anilines is 2. The van der Waals surface area contributed by atoms with Crippen molar-refractivity contribution in [3.8, 4) is 11.3 Å². The number of nitrogens with two attached hydrogens (primary N) is 2. The van der Waals surface area contributed by atoms with Gasteiger partial charge in [0.25, 0.3) is 0 Å². The molecule has 3 atom stereocenters. The fraction of sp³-hybridized carbons (Fsp3) is 0.500. The van der Waals surface area contributed by atoms with Gasteiger partial charge in [0.15, 0.2) is 0 Å². The Bertz CT molecular complexity index is 1250. The maximum Gasteiger partial charge on any atom is 0.406 e. The van der Waals surface area contributed by atoms with Crippen LogP contribution in [0.1, 0.15) is 44.5 Å². The van der Waals surface area contributed by atoms with E-state index in [1.165, 1.54) is 11.2 Å². The zero-order valence-corrected chi connectivity index (χ0v) is 20.3. The second-order valence-electron chi connectivity index (χ2n) is 10.1. The quantitative estimate of drug-likeness (QED) is 0.436. The van der Waals surface area contributed by atoms with Crippen LogP contribution in [0.3, 0.4) is 0 Å². The molecule has 4 heterocycles. The number of hydrogen-bond acceptors (Lipinski definition) is 9. The summed E-state index contributed by atoms with van der Waals surface area (Å²) >= 11 is 0. The third-order valence-corrected chi connectivity index (χ3v) is 7.46. The van der Waals surface area contributed by atoms with Gasteiger partial charge in [-0.1, -0.05) is 0 Å². The molecule has 5 N–H and O–H groups in total. The van der Waals surface area contributed by atoms with Crippen LogP contribution in [0.2, 0.25) is 0 Å². The minimum Gasteiger partial charge on any atom is -0.367 e. The van der Waals surface area contributed by atoms with E-state index in [2.05, 4.69) is 20.4 Å². The molecule has 0 radical (unpaired) electrons. The number of aromatic nitrogens is 5. The molecule has 3 aromatic rings. The molecule has 2 aliphatic carbocycles. The van der Waals surface area contributed by atoms with Crippen LogP contribution in [0.15, 0.2) is 43.1 Å². The van der Waals surface area contributed by atoms with Gasteiger partial charge in [0.1, 0.15) is 36.5 Å². The van der Waals surface area contributed by atoms with Gasteiger partial charge < -0.3 is 16.0 Å². The number of fused-ring (bicyclic) bond motifs is 1. The van der Waals surface area contributed by atoms with Crippen LogP contribution >= 0.6 is 0 Å². The highest BCUT2D eigenvalue weighted by Gasteiger charge is 2.70. The Morgan fingerprint density at radius 1 is 1.16 bits per heavy atom. The van der Waals surface area contributed by atoms with E-state index in [0.29, 0.717) is 29.7 Å². The minimum atomic E-state index is -4.48. The standard InChI is InChI=1S/C24H29F3N10/c1-14(11-35-13-30-12-32-35)36-18-6-5-17(15-2-7-19(31-10-15)33-16-3-4-16)34-20(18)21(28)37(22(36)29)23(8-9-23)24(25,26)27/h2,5-7,10,12-14,16,21-22H,3-4,8-9,11,28-29H2,1H3,(H,31,33). The summed E-state index contributed by atoms with van der Waals surface area (Å²) in [5, 5.41) is 7.48. The third-order valence-electron chi connectivity index (χ3n) is 7.46. The van der Waals surface area contributed by atoms with Gasteiger partial charge in [-0.15, -0.1) is 0 Å². The fourth-order valence-corrected chi connectivity index (χ4v) is 5.21. The van der Waals surface area contributed by atoms with Crippen LogP contribution in [-0.4, -0.2) is 59.7 Å². The largest absolute Gasteiger partial charge is 0.406 e. The monoisotopic (exact) mass is 514 g/mol. The van der Waals surface area contributed by atoms with Crippen molar-refractivity contribution in [2.24, 2.45) is 11.5 Å². The van der Waals surface area contributed by atoms with E-state index in [4.69, 9.17) is 16.5 Å². The minimum absolute atomic E-state index is 0.0579. The highest BCUT2D eigenvalue weighted by atomic mass is 19.4. The lowest BCUT2D eigenvalue weighted by Crippen LogP contribution is -2.69. The molecule has 2 fully saturated rings. The van der Waals surface area contributed by atoms with Crippen LogP contribution in [0.4, 0.5) is 24.7 Å². The van der Waals surface area contributed by atoms with Gasteiger partial charge in [0.05, 0.1) is 23.6 Å². The van der Waals surface area contributed by atoms with Crippen LogP contribution < -0.4 is 21.7 Å². The molecule has 0 aromatic carbocycles. The summed E-state index contributed by atoms with van der Waals surface area (Å²) in [6, 6.07) is 7.58. The second-order valence-corrected chi connectivity index (χ2v) is 10.1. The molecule has 0 bridgehead atoms. The predicted octanol–water partition coefficient (Wildman–Crippen LogP) is 2.81. The van der Waals surface area contributed by atoms with Crippen molar-refractivity contribution in [2.75, 3.05) is 10.2 Å². The Labute approximate surface area is 211 Å². The third kappa shape index (κ3) is 4.20. The first-order valence-corrected chi connectivity index (χ1v) is 12.4. The molecule has 1 aliphatic heterocycles. The van der Waals surface area contributed by atoms with E-state index in [1.54, 1.807) is 22.1 Å². The number of halogens is 3. The van der Waals surface area contributed by atoms with E-state index in [1.807, 2.05) is 31.2 Å². The second kappa shape index (κ2) is 8.64. The first-order valence-electron chi connectivity index (χ1n) is 12.4. The number of nitrogens with one attached hydrogen (secondary N) is 1. The van der Waals surface area contributed by atoms with Gasteiger partial charge in [0, 0.05) is 23.8 Å². The van der Waals surface area contributed by atoms with E-state index in [0.717, 1.165) is 24.2 Å². The number of pyridine rings is 2. The molecular weight excluding hydrogens is 485 g/mol. The maximum absolute atomic E-state index is 14.3. The zero-order valence-electron chi connectivity index (χ0n) is 20.3. The van der Waals surface area contributed by atoms with Crippen LogP contribution in [0.5, 0.6) is 0 Å². The number of nitrogens with zero attached hydrogens (tertiary/aromatic N) is 7. The Hall–Kier alpha value is -3.29. The van der Waals surface area contributed by atoms with E-state index < -0.39 is 24.2 Å². The average molecular weight is 515 g/mol.